The van der Waals surface area contributed by atoms with Crippen molar-refractivity contribution in [3.8, 4) is 5.75 Å². The Morgan fingerprint density at radius 2 is 2.06 bits per heavy atom. The summed E-state index contributed by atoms with van der Waals surface area (Å²) in [6, 6.07) is 8.86. The minimum Gasteiger partial charge on any atom is -0.491 e. The summed E-state index contributed by atoms with van der Waals surface area (Å²) in [5, 5.41) is 1.10. The van der Waals surface area contributed by atoms with Crippen LogP contribution in [0, 0.1) is 0 Å². The Morgan fingerprint density at radius 3 is 2.61 bits per heavy atom. The van der Waals surface area contributed by atoms with E-state index in [1.165, 1.54) is 0 Å². The average molecular weight is 268 g/mol. The molecule has 0 aliphatic carbocycles. The van der Waals surface area contributed by atoms with Crippen LogP contribution < -0.4 is 9.92 Å². The highest BCUT2D eigenvalue weighted by molar-refractivity contribution is 6.81. The van der Waals surface area contributed by atoms with Gasteiger partial charge in [0, 0.05) is 14.2 Å². The van der Waals surface area contributed by atoms with Crippen LogP contribution in [0.2, 0.25) is 6.04 Å². The molecule has 0 amide bonds. The van der Waals surface area contributed by atoms with E-state index in [9.17, 15) is 0 Å². The summed E-state index contributed by atoms with van der Waals surface area (Å²) < 4.78 is 22.1. The molecule has 1 fully saturated rings. The molecule has 1 aromatic rings. The van der Waals surface area contributed by atoms with Crippen LogP contribution in [0.1, 0.15) is 6.92 Å². The highest BCUT2D eigenvalue weighted by Crippen LogP contribution is 2.17. The van der Waals surface area contributed by atoms with Gasteiger partial charge >= 0.3 is 8.56 Å². The fourth-order valence-electron chi connectivity index (χ4n) is 1.99. The molecule has 0 radical (unpaired) electrons. The quantitative estimate of drug-likeness (QED) is 0.554. The van der Waals surface area contributed by atoms with Crippen LogP contribution in [-0.4, -0.2) is 42.1 Å². The lowest BCUT2D eigenvalue weighted by molar-refractivity contribution is 0.256. The predicted molar refractivity (Wildman–Crippen MR) is 71.6 cm³/mol. The monoisotopic (exact) mass is 268 g/mol. The van der Waals surface area contributed by atoms with Gasteiger partial charge in [0.2, 0.25) is 0 Å². The van der Waals surface area contributed by atoms with E-state index < -0.39 is 8.56 Å². The van der Waals surface area contributed by atoms with Crippen molar-refractivity contribution >= 4 is 13.7 Å². The minimum absolute atomic E-state index is 0.270. The molecule has 100 valence electrons. The molecule has 0 aromatic heterocycles. The van der Waals surface area contributed by atoms with E-state index in [4.69, 9.17) is 18.3 Å². The molecule has 0 N–H and O–H groups in total. The van der Waals surface area contributed by atoms with Crippen molar-refractivity contribution in [1.82, 2.24) is 0 Å². The smallest absolute Gasteiger partial charge is 0.371 e. The Kier molecular flexibility index (Phi) is 4.39. The molecule has 1 aliphatic heterocycles. The first-order chi connectivity index (χ1) is 8.74. The molecule has 1 heterocycles. The first-order valence-electron chi connectivity index (χ1n) is 6.19. The van der Waals surface area contributed by atoms with E-state index in [1.54, 1.807) is 14.2 Å². The maximum absolute atomic E-state index is 5.69. The van der Waals surface area contributed by atoms with Gasteiger partial charge in [-0.05, 0) is 23.4 Å². The van der Waals surface area contributed by atoms with Gasteiger partial charge < -0.3 is 18.3 Å². The summed E-state index contributed by atoms with van der Waals surface area (Å²) in [4.78, 5) is 0. The summed E-state index contributed by atoms with van der Waals surface area (Å²) >= 11 is 0. The number of benzene rings is 1. The van der Waals surface area contributed by atoms with Gasteiger partial charge in [-0.3, -0.25) is 0 Å². The van der Waals surface area contributed by atoms with Crippen molar-refractivity contribution in [3.05, 3.63) is 24.3 Å². The second-order valence-corrected chi connectivity index (χ2v) is 7.92. The maximum Gasteiger partial charge on any atom is 0.371 e. The van der Waals surface area contributed by atoms with Crippen LogP contribution in [0.3, 0.4) is 0 Å². The van der Waals surface area contributed by atoms with Gasteiger partial charge in [0.15, 0.2) is 0 Å². The van der Waals surface area contributed by atoms with Gasteiger partial charge in [-0.1, -0.05) is 19.1 Å². The Hall–Kier alpha value is -0.883. The highest BCUT2D eigenvalue weighted by atomic mass is 28.4. The lowest BCUT2D eigenvalue weighted by atomic mass is 10.3. The molecule has 0 spiro atoms. The Bertz CT molecular complexity index is 380. The summed E-state index contributed by atoms with van der Waals surface area (Å²) in [5.41, 5.74) is 0. The normalized spacial score (nSPS) is 18.7. The lowest BCUT2D eigenvalue weighted by Crippen LogP contribution is -2.51. The van der Waals surface area contributed by atoms with Gasteiger partial charge in [-0.2, -0.15) is 0 Å². The van der Waals surface area contributed by atoms with Crippen LogP contribution in [0.5, 0.6) is 5.75 Å². The van der Waals surface area contributed by atoms with Crippen LogP contribution >= 0.6 is 0 Å². The first-order valence-corrected chi connectivity index (χ1v) is 8.21. The van der Waals surface area contributed by atoms with Gasteiger partial charge in [-0.25, -0.2) is 0 Å². The SMILES string of the molecule is CC[Si](OC)(OC)c1cccc(OCC2CO2)c1. The van der Waals surface area contributed by atoms with E-state index in [0.717, 1.165) is 23.6 Å². The van der Waals surface area contributed by atoms with Gasteiger partial charge in [0.1, 0.15) is 18.5 Å². The van der Waals surface area contributed by atoms with Crippen molar-refractivity contribution in [2.24, 2.45) is 0 Å². The molecule has 1 saturated heterocycles. The maximum atomic E-state index is 5.69. The molecule has 1 aromatic carbocycles. The Morgan fingerprint density at radius 1 is 1.33 bits per heavy atom. The van der Waals surface area contributed by atoms with Crippen molar-refractivity contribution < 1.29 is 18.3 Å². The number of rotatable bonds is 7. The standard InChI is InChI=1S/C13H20O4Si/c1-4-18(14-2,15-3)13-7-5-6-11(8-13)16-9-12-10-17-12/h5-8,12H,4,9-10H2,1-3H3. The van der Waals surface area contributed by atoms with E-state index in [1.807, 2.05) is 24.3 Å². The molecule has 4 nitrogen and oxygen atoms in total. The predicted octanol–water partition coefficient (Wildman–Crippen LogP) is 1.43. The summed E-state index contributed by atoms with van der Waals surface area (Å²) in [5.74, 6) is 0.849. The van der Waals surface area contributed by atoms with Crippen LogP contribution in [0.15, 0.2) is 24.3 Å². The highest BCUT2D eigenvalue weighted by Gasteiger charge is 2.36. The molecule has 0 bridgehead atoms. The number of hydrogen-bond donors (Lipinski definition) is 0. The van der Waals surface area contributed by atoms with E-state index in [-0.39, 0.29) is 6.10 Å². The zero-order valence-corrected chi connectivity index (χ0v) is 12.1. The second kappa shape index (κ2) is 5.84. The van der Waals surface area contributed by atoms with Gasteiger partial charge in [-0.15, -0.1) is 0 Å². The van der Waals surface area contributed by atoms with Crippen molar-refractivity contribution in [2.45, 2.75) is 19.1 Å². The van der Waals surface area contributed by atoms with Crippen LogP contribution in [0.25, 0.3) is 0 Å². The van der Waals surface area contributed by atoms with E-state index in [2.05, 4.69) is 6.92 Å². The molecule has 0 saturated carbocycles. The summed E-state index contributed by atoms with van der Waals surface area (Å²) in [6.45, 7) is 3.51. The molecule has 2 rings (SSSR count). The molecule has 1 atom stereocenters. The van der Waals surface area contributed by atoms with Gasteiger partial charge in [0.25, 0.3) is 0 Å². The van der Waals surface area contributed by atoms with Crippen molar-refractivity contribution in [1.29, 1.82) is 0 Å². The zero-order chi connectivity index (χ0) is 13.0. The lowest BCUT2D eigenvalue weighted by Gasteiger charge is -2.26. The zero-order valence-electron chi connectivity index (χ0n) is 11.1. The third-order valence-corrected chi connectivity index (χ3v) is 6.68. The third kappa shape index (κ3) is 2.92. The van der Waals surface area contributed by atoms with Crippen LogP contribution in [0.4, 0.5) is 0 Å². The fourth-order valence-corrected chi connectivity index (χ4v) is 4.32. The molecular formula is C13H20O4Si. The number of hydrogen-bond acceptors (Lipinski definition) is 4. The Balaban J connectivity index is 2.13. The van der Waals surface area contributed by atoms with E-state index >= 15 is 0 Å². The van der Waals surface area contributed by atoms with E-state index in [0.29, 0.717) is 6.61 Å². The first kappa shape index (κ1) is 13.5. The minimum atomic E-state index is -2.28. The molecule has 1 aliphatic rings. The molecule has 5 heteroatoms. The van der Waals surface area contributed by atoms with Gasteiger partial charge in [0.05, 0.1) is 6.61 Å². The largest absolute Gasteiger partial charge is 0.491 e. The fraction of sp³-hybridized carbons (Fsp3) is 0.538. The molecule has 1 unspecified atom stereocenters. The van der Waals surface area contributed by atoms with Crippen molar-refractivity contribution in [3.63, 3.8) is 0 Å². The summed E-state index contributed by atoms with van der Waals surface area (Å²) in [7, 11) is 1.15. The topological polar surface area (TPSA) is 40.2 Å². The van der Waals surface area contributed by atoms with Crippen molar-refractivity contribution in [2.75, 3.05) is 27.4 Å². The average Bonchev–Trinajstić information content (AvgIpc) is 3.24. The summed E-state index contributed by atoms with van der Waals surface area (Å²) in [6.07, 6.45) is 0.270. The molecule has 18 heavy (non-hydrogen) atoms. The van der Waals surface area contributed by atoms with Crippen LogP contribution in [-0.2, 0) is 13.6 Å². The number of epoxide rings is 1. The third-order valence-electron chi connectivity index (χ3n) is 3.24. The Labute approximate surface area is 109 Å². The molecular weight excluding hydrogens is 248 g/mol. The second-order valence-electron chi connectivity index (χ2n) is 4.31. The number of ether oxygens (including phenoxy) is 2.